The highest BCUT2D eigenvalue weighted by atomic mass is 17.2. The van der Waals surface area contributed by atoms with Crippen LogP contribution >= 0.6 is 0 Å². The molecule has 0 aliphatic heterocycles. The van der Waals surface area contributed by atoms with E-state index in [1.807, 2.05) is 0 Å². The fourth-order valence-corrected chi connectivity index (χ4v) is 2.31. The lowest BCUT2D eigenvalue weighted by Crippen LogP contribution is -2.21. The summed E-state index contributed by atoms with van der Waals surface area (Å²) in [4.78, 5) is 11.2. The molecule has 0 aromatic carbocycles. The standard InChI is InChI=1S/C14H28O2/c1-3-5-10-13(9-4-2)15-16-14-11-7-6-8-12-14/h13-14H,3-12H2,1-2H3. The van der Waals surface area contributed by atoms with Crippen LogP contribution in [0.4, 0.5) is 0 Å². The van der Waals surface area contributed by atoms with Crippen LogP contribution in [-0.2, 0) is 9.78 Å². The summed E-state index contributed by atoms with van der Waals surface area (Å²) in [5.41, 5.74) is 0. The van der Waals surface area contributed by atoms with Gasteiger partial charge < -0.3 is 0 Å². The Morgan fingerprint density at radius 2 is 1.75 bits per heavy atom. The van der Waals surface area contributed by atoms with E-state index >= 15 is 0 Å². The molecule has 2 nitrogen and oxygen atoms in total. The Bertz CT molecular complexity index is 153. The van der Waals surface area contributed by atoms with Gasteiger partial charge in [0.05, 0.1) is 12.2 Å². The Kier molecular flexibility index (Phi) is 7.87. The van der Waals surface area contributed by atoms with Crippen molar-refractivity contribution >= 4 is 0 Å². The molecule has 0 aromatic heterocycles. The van der Waals surface area contributed by atoms with Gasteiger partial charge >= 0.3 is 0 Å². The summed E-state index contributed by atoms with van der Waals surface area (Å²) >= 11 is 0. The van der Waals surface area contributed by atoms with Crippen LogP contribution in [0.2, 0.25) is 0 Å². The van der Waals surface area contributed by atoms with Gasteiger partial charge in [-0.1, -0.05) is 52.4 Å². The van der Waals surface area contributed by atoms with Crippen LogP contribution in [0.5, 0.6) is 0 Å². The summed E-state index contributed by atoms with van der Waals surface area (Å²) in [7, 11) is 0. The topological polar surface area (TPSA) is 18.5 Å². The fraction of sp³-hybridized carbons (Fsp3) is 1.00. The predicted molar refractivity (Wildman–Crippen MR) is 67.3 cm³/mol. The SMILES string of the molecule is CCCCC(CCC)OOC1CCCCC1. The third-order valence-corrected chi connectivity index (χ3v) is 3.37. The van der Waals surface area contributed by atoms with Crippen LogP contribution in [0.3, 0.4) is 0 Å². The number of rotatable bonds is 8. The highest BCUT2D eigenvalue weighted by Crippen LogP contribution is 2.22. The maximum atomic E-state index is 5.62. The zero-order valence-electron chi connectivity index (χ0n) is 11.0. The van der Waals surface area contributed by atoms with Gasteiger partial charge in [-0.3, -0.25) is 0 Å². The van der Waals surface area contributed by atoms with E-state index in [0.717, 1.165) is 12.8 Å². The van der Waals surface area contributed by atoms with E-state index in [9.17, 15) is 0 Å². The number of hydrogen-bond donors (Lipinski definition) is 0. The summed E-state index contributed by atoms with van der Waals surface area (Å²) in [6, 6.07) is 0. The lowest BCUT2D eigenvalue weighted by atomic mass is 9.98. The van der Waals surface area contributed by atoms with Crippen molar-refractivity contribution in [2.45, 2.75) is 90.3 Å². The van der Waals surface area contributed by atoms with Crippen LogP contribution in [0.1, 0.15) is 78.1 Å². The van der Waals surface area contributed by atoms with Gasteiger partial charge in [-0.2, -0.15) is 0 Å². The van der Waals surface area contributed by atoms with Crippen molar-refractivity contribution in [3.8, 4) is 0 Å². The molecule has 0 heterocycles. The number of unbranched alkanes of at least 4 members (excludes halogenated alkanes) is 1. The molecule has 0 spiro atoms. The highest BCUT2D eigenvalue weighted by molar-refractivity contribution is 4.64. The molecular formula is C14H28O2. The van der Waals surface area contributed by atoms with Gasteiger partial charge in [0.1, 0.15) is 0 Å². The van der Waals surface area contributed by atoms with Gasteiger partial charge in [-0.05, 0) is 25.7 Å². The largest absolute Gasteiger partial charge is 0.233 e. The van der Waals surface area contributed by atoms with Crippen molar-refractivity contribution in [1.82, 2.24) is 0 Å². The quantitative estimate of drug-likeness (QED) is 0.445. The first-order valence-corrected chi connectivity index (χ1v) is 7.19. The third-order valence-electron chi connectivity index (χ3n) is 3.37. The first-order valence-electron chi connectivity index (χ1n) is 7.19. The smallest absolute Gasteiger partial charge is 0.0930 e. The molecule has 1 aliphatic carbocycles. The van der Waals surface area contributed by atoms with Gasteiger partial charge in [0.25, 0.3) is 0 Å². The molecule has 0 amide bonds. The zero-order chi connectivity index (χ0) is 11.6. The predicted octanol–water partition coefficient (Wildman–Crippen LogP) is 4.63. The summed E-state index contributed by atoms with van der Waals surface area (Å²) in [5, 5.41) is 0. The molecule has 0 saturated heterocycles. The Balaban J connectivity index is 2.14. The Morgan fingerprint density at radius 1 is 1.00 bits per heavy atom. The molecule has 1 saturated carbocycles. The molecule has 1 atom stereocenters. The van der Waals surface area contributed by atoms with Crippen LogP contribution in [0.15, 0.2) is 0 Å². The van der Waals surface area contributed by atoms with Crippen molar-refractivity contribution in [1.29, 1.82) is 0 Å². The van der Waals surface area contributed by atoms with Gasteiger partial charge in [-0.15, -0.1) is 0 Å². The number of hydrogen-bond acceptors (Lipinski definition) is 2. The second-order valence-electron chi connectivity index (χ2n) is 5.01. The molecule has 1 unspecified atom stereocenters. The Morgan fingerprint density at radius 3 is 2.38 bits per heavy atom. The van der Waals surface area contributed by atoms with E-state index in [-0.39, 0.29) is 0 Å². The molecule has 0 N–H and O–H groups in total. The van der Waals surface area contributed by atoms with Gasteiger partial charge in [-0.25, -0.2) is 9.78 Å². The molecule has 1 rings (SSSR count). The van der Waals surface area contributed by atoms with Crippen molar-refractivity contribution in [2.75, 3.05) is 0 Å². The molecule has 2 heteroatoms. The first-order chi connectivity index (χ1) is 7.86. The maximum absolute atomic E-state index is 5.62. The fourth-order valence-electron chi connectivity index (χ4n) is 2.31. The lowest BCUT2D eigenvalue weighted by molar-refractivity contribution is -0.356. The molecular weight excluding hydrogens is 200 g/mol. The highest BCUT2D eigenvalue weighted by Gasteiger charge is 2.17. The van der Waals surface area contributed by atoms with Crippen LogP contribution in [0.25, 0.3) is 0 Å². The molecule has 0 bridgehead atoms. The summed E-state index contributed by atoms with van der Waals surface area (Å²) in [6.45, 7) is 4.44. The molecule has 1 fully saturated rings. The normalized spacial score (nSPS) is 19.9. The Labute approximate surface area is 101 Å². The second kappa shape index (κ2) is 9.00. The summed E-state index contributed by atoms with van der Waals surface area (Å²) in [5.74, 6) is 0. The zero-order valence-corrected chi connectivity index (χ0v) is 11.0. The van der Waals surface area contributed by atoms with E-state index in [0.29, 0.717) is 12.2 Å². The molecule has 96 valence electrons. The average molecular weight is 228 g/mol. The minimum atomic E-state index is 0.326. The van der Waals surface area contributed by atoms with Crippen molar-refractivity contribution in [3.05, 3.63) is 0 Å². The Hall–Kier alpha value is -0.0800. The summed E-state index contributed by atoms with van der Waals surface area (Å²) < 4.78 is 0. The minimum absolute atomic E-state index is 0.326. The summed E-state index contributed by atoms with van der Waals surface area (Å²) in [6.07, 6.45) is 13.0. The van der Waals surface area contributed by atoms with E-state index in [1.165, 1.54) is 51.4 Å². The van der Waals surface area contributed by atoms with E-state index < -0.39 is 0 Å². The van der Waals surface area contributed by atoms with E-state index in [1.54, 1.807) is 0 Å². The van der Waals surface area contributed by atoms with Crippen molar-refractivity contribution in [2.24, 2.45) is 0 Å². The van der Waals surface area contributed by atoms with Crippen LogP contribution in [0, 0.1) is 0 Å². The second-order valence-corrected chi connectivity index (χ2v) is 5.01. The molecule has 0 aromatic rings. The van der Waals surface area contributed by atoms with Crippen molar-refractivity contribution in [3.63, 3.8) is 0 Å². The molecule has 1 aliphatic rings. The maximum Gasteiger partial charge on any atom is 0.0930 e. The van der Waals surface area contributed by atoms with E-state index in [2.05, 4.69) is 13.8 Å². The van der Waals surface area contributed by atoms with Crippen molar-refractivity contribution < 1.29 is 9.78 Å². The molecule has 16 heavy (non-hydrogen) atoms. The van der Waals surface area contributed by atoms with E-state index in [4.69, 9.17) is 9.78 Å². The first kappa shape index (κ1) is 14.0. The van der Waals surface area contributed by atoms with Gasteiger partial charge in [0.2, 0.25) is 0 Å². The van der Waals surface area contributed by atoms with Crippen LogP contribution < -0.4 is 0 Å². The van der Waals surface area contributed by atoms with Gasteiger partial charge in [0, 0.05) is 0 Å². The average Bonchev–Trinajstić information content (AvgIpc) is 2.34. The van der Waals surface area contributed by atoms with Gasteiger partial charge in [0.15, 0.2) is 0 Å². The van der Waals surface area contributed by atoms with Crippen LogP contribution in [-0.4, -0.2) is 12.2 Å². The lowest BCUT2D eigenvalue weighted by Gasteiger charge is -2.24. The minimum Gasteiger partial charge on any atom is -0.233 e. The monoisotopic (exact) mass is 228 g/mol. The molecule has 0 radical (unpaired) electrons. The third kappa shape index (κ3) is 5.86.